The third kappa shape index (κ3) is 0.903. The van der Waals surface area contributed by atoms with Crippen LogP contribution in [0.1, 0.15) is 5.69 Å². The normalized spacial score (nSPS) is 10.5. The highest BCUT2D eigenvalue weighted by molar-refractivity contribution is 5.73. The Hall–Kier alpha value is -1.65. The van der Waals surface area contributed by atoms with Gasteiger partial charge in [0.05, 0.1) is 12.0 Å². The molecule has 0 saturated carbocycles. The topological polar surface area (TPSA) is 66.5 Å². The molecule has 0 aliphatic heterocycles. The third-order valence-corrected chi connectivity index (χ3v) is 1.69. The summed E-state index contributed by atoms with van der Waals surface area (Å²) in [6, 6.07) is 0. The Morgan fingerprint density at radius 2 is 2.25 bits per heavy atom. The minimum absolute atomic E-state index is 0.604. The Morgan fingerprint density at radius 3 is 3.00 bits per heavy atom. The summed E-state index contributed by atoms with van der Waals surface area (Å²) in [6.45, 7) is 1.92. The van der Waals surface area contributed by atoms with Crippen molar-refractivity contribution in [2.75, 3.05) is 12.4 Å². The number of aromatic nitrogens is 4. The molecule has 0 saturated heterocycles. The second kappa shape index (κ2) is 2.44. The second-order valence-corrected chi connectivity index (χ2v) is 2.48. The number of hydrogen-bond acceptors (Lipinski definition) is 4. The van der Waals surface area contributed by atoms with E-state index in [1.165, 1.54) is 0 Å². The molecule has 0 atom stereocenters. The maximum atomic E-state index is 4.20. The van der Waals surface area contributed by atoms with Gasteiger partial charge in [0.15, 0.2) is 5.65 Å². The van der Waals surface area contributed by atoms with Crippen molar-refractivity contribution in [1.82, 2.24) is 19.9 Å². The molecule has 0 aliphatic rings. The van der Waals surface area contributed by atoms with E-state index in [0.29, 0.717) is 11.6 Å². The largest absolute Gasteiger partial charge is 0.357 e. The van der Waals surface area contributed by atoms with Crippen LogP contribution in [0.15, 0.2) is 6.33 Å². The van der Waals surface area contributed by atoms with E-state index in [1.807, 2.05) is 6.92 Å². The summed E-state index contributed by atoms with van der Waals surface area (Å²) in [6.07, 6.45) is 1.62. The Kier molecular flexibility index (Phi) is 1.43. The van der Waals surface area contributed by atoms with Gasteiger partial charge in [-0.1, -0.05) is 0 Å². The molecule has 0 amide bonds. The van der Waals surface area contributed by atoms with Crippen LogP contribution in [0.5, 0.6) is 0 Å². The summed E-state index contributed by atoms with van der Waals surface area (Å²) in [5.41, 5.74) is 2.50. The molecule has 12 heavy (non-hydrogen) atoms. The zero-order valence-corrected chi connectivity index (χ0v) is 6.92. The Bertz CT molecular complexity index is 405. The number of H-pyrrole nitrogens is 1. The van der Waals surface area contributed by atoms with E-state index in [4.69, 9.17) is 0 Å². The van der Waals surface area contributed by atoms with Gasteiger partial charge in [-0.15, -0.1) is 0 Å². The fourth-order valence-corrected chi connectivity index (χ4v) is 1.09. The predicted octanol–water partition coefficient (Wildman–Crippen LogP) is 0.703. The number of aryl methyl sites for hydroxylation is 1. The lowest BCUT2D eigenvalue weighted by molar-refractivity contribution is 1.13. The lowest BCUT2D eigenvalue weighted by atomic mass is 10.4. The summed E-state index contributed by atoms with van der Waals surface area (Å²) >= 11 is 0. The maximum absolute atomic E-state index is 4.20. The van der Waals surface area contributed by atoms with Gasteiger partial charge < -0.3 is 10.3 Å². The molecular weight excluding hydrogens is 154 g/mol. The van der Waals surface area contributed by atoms with Gasteiger partial charge in [-0.3, -0.25) is 0 Å². The van der Waals surface area contributed by atoms with Crippen LogP contribution in [0, 0.1) is 6.92 Å². The lowest BCUT2D eigenvalue weighted by Crippen LogP contribution is -1.98. The first-order chi connectivity index (χ1) is 5.81. The van der Waals surface area contributed by atoms with Crippen LogP contribution in [-0.2, 0) is 0 Å². The molecule has 0 fully saturated rings. The number of nitrogens with zero attached hydrogens (tertiary/aromatic N) is 3. The number of imidazole rings is 1. The fourth-order valence-electron chi connectivity index (χ4n) is 1.09. The van der Waals surface area contributed by atoms with Crippen LogP contribution in [0.25, 0.3) is 11.2 Å². The van der Waals surface area contributed by atoms with Gasteiger partial charge in [0.2, 0.25) is 5.95 Å². The van der Waals surface area contributed by atoms with Crippen LogP contribution < -0.4 is 5.32 Å². The van der Waals surface area contributed by atoms with Crippen LogP contribution in [0.2, 0.25) is 0 Å². The molecule has 62 valence electrons. The molecule has 2 N–H and O–H groups in total. The van der Waals surface area contributed by atoms with Crippen LogP contribution in [0.4, 0.5) is 5.95 Å². The molecule has 0 aromatic carbocycles. The van der Waals surface area contributed by atoms with Crippen molar-refractivity contribution in [3.05, 3.63) is 12.0 Å². The maximum Gasteiger partial charge on any atom is 0.224 e. The molecule has 2 aromatic heterocycles. The Balaban J connectivity index is 2.75. The van der Waals surface area contributed by atoms with Gasteiger partial charge in [-0.2, -0.15) is 4.98 Å². The molecule has 0 spiro atoms. The molecule has 2 heterocycles. The molecule has 2 aromatic rings. The molecule has 0 radical (unpaired) electrons. The third-order valence-electron chi connectivity index (χ3n) is 1.69. The monoisotopic (exact) mass is 163 g/mol. The number of nitrogens with one attached hydrogen (secondary N) is 2. The molecule has 5 heteroatoms. The summed E-state index contributed by atoms with van der Waals surface area (Å²) in [7, 11) is 1.78. The lowest BCUT2D eigenvalue weighted by Gasteiger charge is -1.98. The highest BCUT2D eigenvalue weighted by Gasteiger charge is 2.03. The van der Waals surface area contributed by atoms with Crippen LogP contribution in [-0.4, -0.2) is 27.0 Å². The number of anilines is 1. The van der Waals surface area contributed by atoms with Crippen molar-refractivity contribution in [2.24, 2.45) is 0 Å². The van der Waals surface area contributed by atoms with Gasteiger partial charge >= 0.3 is 0 Å². The number of fused-ring (bicyclic) bond motifs is 1. The Labute approximate surface area is 69.3 Å². The zero-order valence-electron chi connectivity index (χ0n) is 6.92. The summed E-state index contributed by atoms with van der Waals surface area (Å²) in [5.74, 6) is 0.604. The van der Waals surface area contributed by atoms with E-state index in [-0.39, 0.29) is 0 Å². The standard InChI is InChI=1S/C7H9N5/c1-4-5-6(10-3-9-5)12-7(8-2)11-4/h3H,1-2H3,(H2,8,9,10,11,12). The van der Waals surface area contributed by atoms with Crippen molar-refractivity contribution in [2.45, 2.75) is 6.92 Å². The zero-order chi connectivity index (χ0) is 8.55. The number of hydrogen-bond donors (Lipinski definition) is 2. The van der Waals surface area contributed by atoms with Crippen molar-refractivity contribution in [3.63, 3.8) is 0 Å². The quantitative estimate of drug-likeness (QED) is 0.649. The van der Waals surface area contributed by atoms with Crippen molar-refractivity contribution >= 4 is 17.1 Å². The number of aromatic amines is 1. The first-order valence-corrected chi connectivity index (χ1v) is 3.66. The first-order valence-electron chi connectivity index (χ1n) is 3.66. The molecule has 0 aliphatic carbocycles. The van der Waals surface area contributed by atoms with Crippen molar-refractivity contribution in [3.8, 4) is 0 Å². The molecule has 0 unspecified atom stereocenters. The van der Waals surface area contributed by atoms with E-state index in [2.05, 4.69) is 25.3 Å². The molecule has 5 nitrogen and oxygen atoms in total. The van der Waals surface area contributed by atoms with Crippen molar-refractivity contribution < 1.29 is 0 Å². The van der Waals surface area contributed by atoms with Crippen LogP contribution >= 0.6 is 0 Å². The summed E-state index contributed by atoms with van der Waals surface area (Å²) in [4.78, 5) is 15.4. The van der Waals surface area contributed by atoms with E-state index in [9.17, 15) is 0 Å². The Morgan fingerprint density at radius 1 is 1.42 bits per heavy atom. The first kappa shape index (κ1) is 7.02. The second-order valence-electron chi connectivity index (χ2n) is 2.48. The van der Waals surface area contributed by atoms with Gasteiger partial charge in [0.1, 0.15) is 5.52 Å². The van der Waals surface area contributed by atoms with Gasteiger partial charge in [0, 0.05) is 7.05 Å². The van der Waals surface area contributed by atoms with E-state index < -0.39 is 0 Å². The van der Waals surface area contributed by atoms with Gasteiger partial charge in [-0.05, 0) is 6.92 Å². The van der Waals surface area contributed by atoms with E-state index in [1.54, 1.807) is 13.4 Å². The molecule has 2 rings (SSSR count). The van der Waals surface area contributed by atoms with E-state index >= 15 is 0 Å². The van der Waals surface area contributed by atoms with Crippen LogP contribution in [0.3, 0.4) is 0 Å². The van der Waals surface area contributed by atoms with Gasteiger partial charge in [0.25, 0.3) is 0 Å². The number of rotatable bonds is 1. The fraction of sp³-hybridized carbons (Fsp3) is 0.286. The average Bonchev–Trinajstić information content (AvgIpc) is 2.52. The van der Waals surface area contributed by atoms with Crippen molar-refractivity contribution in [1.29, 1.82) is 0 Å². The summed E-state index contributed by atoms with van der Waals surface area (Å²) in [5, 5.41) is 2.87. The predicted molar refractivity (Wildman–Crippen MR) is 46.0 cm³/mol. The average molecular weight is 163 g/mol. The minimum atomic E-state index is 0.604. The summed E-state index contributed by atoms with van der Waals surface area (Å²) < 4.78 is 0. The highest BCUT2D eigenvalue weighted by Crippen LogP contribution is 2.11. The molecular formula is C7H9N5. The smallest absolute Gasteiger partial charge is 0.224 e. The van der Waals surface area contributed by atoms with E-state index in [0.717, 1.165) is 11.2 Å². The van der Waals surface area contributed by atoms with Gasteiger partial charge in [-0.25, -0.2) is 9.97 Å². The minimum Gasteiger partial charge on any atom is -0.357 e. The highest BCUT2D eigenvalue weighted by atomic mass is 15.1. The SMILES string of the molecule is CNc1nc(C)c2[nH]cnc2n1. The molecule has 0 bridgehead atoms.